The van der Waals surface area contributed by atoms with Crippen molar-refractivity contribution in [3.8, 4) is 11.5 Å². The third kappa shape index (κ3) is 3.31. The Morgan fingerprint density at radius 2 is 1.76 bits per heavy atom. The number of hydrogen-bond acceptors (Lipinski definition) is 3. The van der Waals surface area contributed by atoms with Gasteiger partial charge in [-0.1, -0.05) is 0 Å². The highest BCUT2D eigenvalue weighted by Gasteiger charge is 2.48. The van der Waals surface area contributed by atoms with Crippen LogP contribution in [0.4, 0.5) is 0 Å². The smallest absolute Gasteiger partial charge is 0.225 e. The third-order valence-electron chi connectivity index (χ3n) is 4.72. The highest BCUT2D eigenvalue weighted by atomic mass is 16.5. The van der Waals surface area contributed by atoms with Crippen LogP contribution in [-0.4, -0.2) is 38.1 Å². The van der Waals surface area contributed by atoms with Crippen molar-refractivity contribution < 1.29 is 14.3 Å². The van der Waals surface area contributed by atoms with E-state index in [1.54, 1.807) is 7.11 Å². The Labute approximate surface area is 126 Å². The normalized spacial score (nSPS) is 26.1. The van der Waals surface area contributed by atoms with Crippen molar-refractivity contribution >= 4 is 5.91 Å². The molecule has 0 radical (unpaired) electrons. The number of amides is 1. The molecule has 2 saturated carbocycles. The summed E-state index contributed by atoms with van der Waals surface area (Å²) in [5.41, 5.74) is 0. The molecule has 0 spiro atoms. The van der Waals surface area contributed by atoms with Crippen LogP contribution in [0.1, 0.15) is 19.3 Å². The summed E-state index contributed by atoms with van der Waals surface area (Å²) >= 11 is 0. The van der Waals surface area contributed by atoms with Crippen LogP contribution in [0.15, 0.2) is 24.3 Å². The van der Waals surface area contributed by atoms with Crippen molar-refractivity contribution in [3.05, 3.63) is 24.3 Å². The van der Waals surface area contributed by atoms with Crippen LogP contribution >= 0.6 is 0 Å². The van der Waals surface area contributed by atoms with Gasteiger partial charge in [0.05, 0.1) is 13.7 Å². The molecule has 4 heteroatoms. The number of rotatable bonds is 6. The average molecular weight is 289 g/mol. The molecule has 4 nitrogen and oxygen atoms in total. The number of nitrogens with zero attached hydrogens (tertiary/aromatic N) is 1. The van der Waals surface area contributed by atoms with Crippen LogP contribution in [0, 0.1) is 17.8 Å². The van der Waals surface area contributed by atoms with Gasteiger partial charge in [0.1, 0.15) is 18.1 Å². The minimum absolute atomic E-state index is 0.264. The highest BCUT2D eigenvalue weighted by Crippen LogP contribution is 2.54. The van der Waals surface area contributed by atoms with Gasteiger partial charge in [0.25, 0.3) is 0 Å². The zero-order valence-corrected chi connectivity index (χ0v) is 12.7. The van der Waals surface area contributed by atoms with Gasteiger partial charge in [-0.05, 0) is 55.4 Å². The topological polar surface area (TPSA) is 38.8 Å². The number of benzene rings is 1. The summed E-state index contributed by atoms with van der Waals surface area (Å²) in [5.74, 6) is 3.87. The van der Waals surface area contributed by atoms with Gasteiger partial charge in [0.2, 0.25) is 5.91 Å². The number of ether oxygens (including phenoxy) is 2. The lowest BCUT2D eigenvalue weighted by atomic mass is 10.0. The van der Waals surface area contributed by atoms with Gasteiger partial charge in [-0.3, -0.25) is 4.79 Å². The Morgan fingerprint density at radius 3 is 2.38 bits per heavy atom. The zero-order valence-electron chi connectivity index (χ0n) is 12.7. The van der Waals surface area contributed by atoms with Gasteiger partial charge >= 0.3 is 0 Å². The van der Waals surface area contributed by atoms with Gasteiger partial charge in [0, 0.05) is 13.0 Å². The molecule has 2 fully saturated rings. The van der Waals surface area contributed by atoms with E-state index in [-0.39, 0.29) is 5.92 Å². The Hall–Kier alpha value is -1.71. The second-order valence-corrected chi connectivity index (χ2v) is 6.21. The van der Waals surface area contributed by atoms with E-state index < -0.39 is 0 Å². The Bertz CT molecular complexity index is 489. The lowest BCUT2D eigenvalue weighted by Gasteiger charge is -2.22. The summed E-state index contributed by atoms with van der Waals surface area (Å²) in [7, 11) is 3.52. The second kappa shape index (κ2) is 5.96. The van der Waals surface area contributed by atoms with Crippen molar-refractivity contribution in [2.24, 2.45) is 17.8 Å². The molecule has 1 amide bonds. The number of methoxy groups -OCH3 is 1. The SMILES string of the molecule is COc1ccc(OCCN(C)C(=O)C2CC3CC3C2)cc1. The van der Waals surface area contributed by atoms with Gasteiger partial charge < -0.3 is 14.4 Å². The summed E-state index contributed by atoms with van der Waals surface area (Å²) < 4.78 is 10.8. The van der Waals surface area contributed by atoms with Gasteiger partial charge in [-0.25, -0.2) is 0 Å². The van der Waals surface area contributed by atoms with Gasteiger partial charge in [0.15, 0.2) is 0 Å². The molecule has 2 aliphatic carbocycles. The Kier molecular flexibility index (Phi) is 4.04. The van der Waals surface area contributed by atoms with E-state index in [9.17, 15) is 4.79 Å². The molecule has 114 valence electrons. The third-order valence-corrected chi connectivity index (χ3v) is 4.72. The molecule has 1 aromatic carbocycles. The maximum atomic E-state index is 12.3. The molecule has 0 aromatic heterocycles. The summed E-state index contributed by atoms with van der Waals surface area (Å²) in [4.78, 5) is 14.1. The predicted octanol–water partition coefficient (Wildman–Crippen LogP) is 2.58. The minimum atomic E-state index is 0.264. The number of fused-ring (bicyclic) bond motifs is 1. The molecule has 0 bridgehead atoms. The molecule has 2 unspecified atom stereocenters. The molecule has 1 aromatic rings. The van der Waals surface area contributed by atoms with Crippen molar-refractivity contribution in [2.75, 3.05) is 27.3 Å². The Morgan fingerprint density at radius 1 is 1.14 bits per heavy atom. The predicted molar refractivity (Wildman–Crippen MR) is 80.4 cm³/mol. The van der Waals surface area contributed by atoms with Crippen LogP contribution in [0.5, 0.6) is 11.5 Å². The molecular formula is C17H23NO3. The van der Waals surface area contributed by atoms with Gasteiger partial charge in [-0.15, -0.1) is 0 Å². The number of carbonyl (C=O) groups is 1. The van der Waals surface area contributed by atoms with Crippen molar-refractivity contribution in [3.63, 3.8) is 0 Å². The first-order valence-corrected chi connectivity index (χ1v) is 7.69. The van der Waals surface area contributed by atoms with Crippen molar-refractivity contribution in [1.82, 2.24) is 4.90 Å². The molecule has 0 aliphatic heterocycles. The number of hydrogen-bond donors (Lipinski definition) is 0. The van der Waals surface area contributed by atoms with E-state index in [2.05, 4.69) is 0 Å². The quantitative estimate of drug-likeness (QED) is 0.808. The molecule has 21 heavy (non-hydrogen) atoms. The Balaban J connectivity index is 1.40. The molecule has 0 N–H and O–H groups in total. The maximum absolute atomic E-state index is 12.3. The molecular weight excluding hydrogens is 266 g/mol. The van der Waals surface area contributed by atoms with Gasteiger partial charge in [-0.2, -0.15) is 0 Å². The second-order valence-electron chi connectivity index (χ2n) is 6.21. The molecule has 2 aliphatic rings. The van der Waals surface area contributed by atoms with Crippen molar-refractivity contribution in [1.29, 1.82) is 0 Å². The summed E-state index contributed by atoms with van der Waals surface area (Å²) in [5, 5.41) is 0. The fourth-order valence-electron chi connectivity index (χ4n) is 3.31. The standard InChI is InChI=1S/C17H23NO3/c1-18(17(19)14-10-12-9-13(12)11-14)7-8-21-16-5-3-15(20-2)4-6-16/h3-6,12-14H,7-11H2,1-2H3. The first-order valence-electron chi connectivity index (χ1n) is 7.69. The first-order chi connectivity index (χ1) is 10.2. The lowest BCUT2D eigenvalue weighted by Crippen LogP contribution is -2.35. The summed E-state index contributed by atoms with van der Waals surface area (Å²) in [6, 6.07) is 7.50. The van der Waals surface area contributed by atoms with E-state index >= 15 is 0 Å². The van der Waals surface area contributed by atoms with Crippen LogP contribution in [-0.2, 0) is 4.79 Å². The fraction of sp³-hybridized carbons (Fsp3) is 0.588. The van der Waals surface area contributed by atoms with Crippen molar-refractivity contribution in [2.45, 2.75) is 19.3 Å². The maximum Gasteiger partial charge on any atom is 0.225 e. The fourth-order valence-corrected chi connectivity index (χ4v) is 3.31. The van der Waals surface area contributed by atoms with Crippen LogP contribution < -0.4 is 9.47 Å². The summed E-state index contributed by atoms with van der Waals surface area (Å²) in [6.07, 6.45) is 3.56. The van der Waals surface area contributed by atoms with Crippen LogP contribution in [0.3, 0.4) is 0 Å². The summed E-state index contributed by atoms with van der Waals surface area (Å²) in [6.45, 7) is 1.16. The van der Waals surface area contributed by atoms with E-state index in [4.69, 9.17) is 9.47 Å². The number of likely N-dealkylation sites (N-methyl/N-ethyl adjacent to an activating group) is 1. The van der Waals surface area contributed by atoms with E-state index in [0.717, 1.165) is 36.2 Å². The van der Waals surface area contributed by atoms with Crippen LogP contribution in [0.2, 0.25) is 0 Å². The largest absolute Gasteiger partial charge is 0.497 e. The van der Waals surface area contributed by atoms with E-state index in [1.165, 1.54) is 6.42 Å². The van der Waals surface area contributed by atoms with E-state index in [1.807, 2.05) is 36.2 Å². The monoisotopic (exact) mass is 289 g/mol. The highest BCUT2D eigenvalue weighted by molar-refractivity contribution is 5.79. The van der Waals surface area contributed by atoms with Crippen LogP contribution in [0.25, 0.3) is 0 Å². The minimum Gasteiger partial charge on any atom is -0.497 e. The lowest BCUT2D eigenvalue weighted by molar-refractivity contribution is -0.134. The first kappa shape index (κ1) is 14.2. The zero-order chi connectivity index (χ0) is 14.8. The molecule has 0 heterocycles. The molecule has 2 atom stereocenters. The average Bonchev–Trinajstić information content (AvgIpc) is 3.13. The molecule has 3 rings (SSSR count). The molecule has 0 saturated heterocycles. The number of carbonyl (C=O) groups excluding carboxylic acids is 1. The van der Waals surface area contributed by atoms with E-state index in [0.29, 0.717) is 19.1 Å².